The lowest BCUT2D eigenvalue weighted by atomic mass is 10.2. The van der Waals surface area contributed by atoms with E-state index in [4.69, 9.17) is 5.26 Å². The Morgan fingerprint density at radius 3 is 2.76 bits per heavy atom. The van der Waals surface area contributed by atoms with Crippen molar-refractivity contribution in [3.8, 4) is 6.07 Å². The molecule has 0 aliphatic rings. The van der Waals surface area contributed by atoms with Gasteiger partial charge in [-0.1, -0.05) is 13.8 Å². The van der Waals surface area contributed by atoms with Gasteiger partial charge >= 0.3 is 0 Å². The van der Waals surface area contributed by atoms with Gasteiger partial charge in [-0.25, -0.2) is 15.0 Å². The Hall–Kier alpha value is -2.00. The van der Waals surface area contributed by atoms with Crippen molar-refractivity contribution in [3.05, 3.63) is 29.2 Å². The third-order valence-corrected chi connectivity index (χ3v) is 2.92. The second kappa shape index (κ2) is 4.89. The van der Waals surface area contributed by atoms with Crippen LogP contribution in [0.15, 0.2) is 17.8 Å². The average Bonchev–Trinajstić information content (AvgIpc) is 2.78. The van der Waals surface area contributed by atoms with Crippen LogP contribution < -0.4 is 5.32 Å². The van der Waals surface area contributed by atoms with Crippen LogP contribution in [0.2, 0.25) is 0 Å². The van der Waals surface area contributed by atoms with Gasteiger partial charge in [-0.3, -0.25) is 0 Å². The molecule has 0 saturated heterocycles. The topological polar surface area (TPSA) is 74.5 Å². The molecule has 0 aliphatic carbocycles. The first-order valence-corrected chi connectivity index (χ1v) is 6.02. The number of nitriles is 1. The second-order valence-corrected chi connectivity index (χ2v) is 4.58. The van der Waals surface area contributed by atoms with Gasteiger partial charge in [0.05, 0.1) is 5.69 Å². The van der Waals surface area contributed by atoms with E-state index in [1.807, 2.05) is 11.4 Å². The normalized spacial score (nSPS) is 10.2. The Bertz CT molecular complexity index is 555. The van der Waals surface area contributed by atoms with Crippen LogP contribution >= 0.6 is 11.3 Å². The zero-order valence-corrected chi connectivity index (χ0v) is 10.3. The van der Waals surface area contributed by atoms with Crippen LogP contribution in [0.3, 0.4) is 0 Å². The summed E-state index contributed by atoms with van der Waals surface area (Å²) in [7, 11) is 0. The molecular weight excluding hydrogens is 234 g/mol. The Labute approximate surface area is 103 Å². The Balaban J connectivity index is 2.23. The minimum atomic E-state index is 0.272. The molecule has 0 aromatic carbocycles. The Kier molecular flexibility index (Phi) is 3.30. The van der Waals surface area contributed by atoms with Crippen molar-refractivity contribution in [3.63, 3.8) is 0 Å². The highest BCUT2D eigenvalue weighted by Crippen LogP contribution is 2.24. The largest absolute Gasteiger partial charge is 0.314 e. The summed E-state index contributed by atoms with van der Waals surface area (Å²) in [5.74, 6) is 0.832. The van der Waals surface area contributed by atoms with Crippen LogP contribution in [0.4, 0.5) is 10.9 Å². The fourth-order valence-electron chi connectivity index (χ4n) is 1.22. The van der Waals surface area contributed by atoms with E-state index in [1.54, 1.807) is 6.20 Å². The van der Waals surface area contributed by atoms with E-state index in [0.29, 0.717) is 11.7 Å². The molecule has 2 rings (SSSR count). The van der Waals surface area contributed by atoms with Crippen molar-refractivity contribution < 1.29 is 0 Å². The second-order valence-electron chi connectivity index (χ2n) is 3.72. The maximum atomic E-state index is 8.88. The molecule has 6 heteroatoms. The van der Waals surface area contributed by atoms with Crippen LogP contribution in [0.1, 0.15) is 31.2 Å². The van der Waals surface area contributed by atoms with Crippen LogP contribution in [0.5, 0.6) is 0 Å². The summed E-state index contributed by atoms with van der Waals surface area (Å²) in [6.07, 6.45) is 3.03. The highest BCUT2D eigenvalue weighted by atomic mass is 32.1. The molecule has 86 valence electrons. The van der Waals surface area contributed by atoms with Gasteiger partial charge in [0.25, 0.3) is 0 Å². The van der Waals surface area contributed by atoms with Gasteiger partial charge < -0.3 is 5.32 Å². The minimum Gasteiger partial charge on any atom is -0.314 e. The number of nitrogens with zero attached hydrogens (tertiary/aromatic N) is 4. The van der Waals surface area contributed by atoms with Crippen LogP contribution in [0, 0.1) is 11.3 Å². The van der Waals surface area contributed by atoms with E-state index in [1.165, 1.54) is 17.5 Å². The number of anilines is 2. The molecule has 0 spiro atoms. The molecule has 0 bridgehead atoms. The fourth-order valence-corrected chi connectivity index (χ4v) is 2.09. The molecule has 0 amide bonds. The smallest absolute Gasteiger partial charge is 0.188 e. The number of nitrogens with one attached hydrogen (secondary N) is 1. The summed E-state index contributed by atoms with van der Waals surface area (Å²) >= 11 is 1.49. The summed E-state index contributed by atoms with van der Waals surface area (Å²) in [6.45, 7) is 4.17. The molecule has 17 heavy (non-hydrogen) atoms. The molecular formula is C11H11N5S. The van der Waals surface area contributed by atoms with Gasteiger partial charge in [-0.05, 0) is 5.92 Å². The third kappa shape index (κ3) is 2.57. The van der Waals surface area contributed by atoms with Crippen molar-refractivity contribution in [2.75, 3.05) is 5.32 Å². The molecule has 0 unspecified atom stereocenters. The van der Waals surface area contributed by atoms with Crippen LogP contribution in [-0.2, 0) is 0 Å². The number of aromatic nitrogens is 3. The summed E-state index contributed by atoms with van der Waals surface area (Å²) in [5, 5.41) is 14.6. The highest BCUT2D eigenvalue weighted by Gasteiger charge is 2.09. The van der Waals surface area contributed by atoms with E-state index in [9.17, 15) is 0 Å². The lowest BCUT2D eigenvalue weighted by Crippen LogP contribution is -1.98. The first kappa shape index (κ1) is 11.5. The van der Waals surface area contributed by atoms with Crippen LogP contribution in [0.25, 0.3) is 0 Å². The molecule has 0 aliphatic heterocycles. The molecule has 5 nitrogen and oxygen atoms in total. The van der Waals surface area contributed by atoms with Gasteiger partial charge in [0.2, 0.25) is 0 Å². The lowest BCUT2D eigenvalue weighted by Gasteiger charge is -2.02. The minimum absolute atomic E-state index is 0.272. The molecule has 1 N–H and O–H groups in total. The molecule has 0 radical (unpaired) electrons. The number of hydrogen-bond acceptors (Lipinski definition) is 6. The fraction of sp³-hybridized carbons (Fsp3) is 0.273. The van der Waals surface area contributed by atoms with Crippen molar-refractivity contribution in [1.29, 1.82) is 5.26 Å². The van der Waals surface area contributed by atoms with E-state index in [2.05, 4.69) is 34.1 Å². The lowest BCUT2D eigenvalue weighted by molar-refractivity contribution is 0.834. The van der Waals surface area contributed by atoms with E-state index in [-0.39, 0.29) is 5.69 Å². The molecule has 2 heterocycles. The van der Waals surface area contributed by atoms with E-state index in [0.717, 1.165) is 10.8 Å². The summed E-state index contributed by atoms with van der Waals surface area (Å²) < 4.78 is 0. The molecule has 2 aromatic rings. The van der Waals surface area contributed by atoms with Gasteiger partial charge in [0.15, 0.2) is 16.6 Å². The molecule has 2 aromatic heterocycles. The van der Waals surface area contributed by atoms with Crippen molar-refractivity contribution in [2.45, 2.75) is 19.8 Å². The summed E-state index contributed by atoms with van der Waals surface area (Å²) in [4.78, 5) is 12.4. The van der Waals surface area contributed by atoms with Crippen LogP contribution in [-0.4, -0.2) is 15.0 Å². The average molecular weight is 245 g/mol. The summed E-state index contributed by atoms with van der Waals surface area (Å²) in [5.41, 5.74) is 1.30. The number of rotatable bonds is 3. The van der Waals surface area contributed by atoms with Crippen molar-refractivity contribution >= 4 is 22.3 Å². The first-order chi connectivity index (χ1) is 8.20. The number of thiazole rings is 1. The van der Waals surface area contributed by atoms with Gasteiger partial charge in [-0.2, -0.15) is 5.26 Å². The zero-order valence-electron chi connectivity index (χ0n) is 9.51. The predicted octanol–water partition coefficient (Wildman–Crippen LogP) is 2.67. The quantitative estimate of drug-likeness (QED) is 0.899. The van der Waals surface area contributed by atoms with Gasteiger partial charge in [0.1, 0.15) is 6.07 Å². The maximum absolute atomic E-state index is 8.88. The predicted molar refractivity (Wildman–Crippen MR) is 66.2 cm³/mol. The Morgan fingerprint density at radius 2 is 2.12 bits per heavy atom. The first-order valence-electron chi connectivity index (χ1n) is 5.14. The van der Waals surface area contributed by atoms with E-state index < -0.39 is 0 Å². The van der Waals surface area contributed by atoms with Gasteiger partial charge in [-0.15, -0.1) is 11.3 Å². The monoisotopic (exact) mass is 245 g/mol. The zero-order chi connectivity index (χ0) is 12.3. The highest BCUT2D eigenvalue weighted by molar-refractivity contribution is 7.13. The standard InChI is InChI=1S/C11H11N5S/c1-7(2)9-6-17-11(15-9)16-10-8(5-12)13-3-4-14-10/h3-4,6-7H,1-2H3,(H,14,15,16). The number of hydrogen-bond donors (Lipinski definition) is 1. The van der Waals surface area contributed by atoms with Crippen molar-refractivity contribution in [2.24, 2.45) is 0 Å². The molecule has 0 atom stereocenters. The molecule has 0 saturated carbocycles. The molecule has 0 fully saturated rings. The maximum Gasteiger partial charge on any atom is 0.188 e. The van der Waals surface area contributed by atoms with Gasteiger partial charge in [0, 0.05) is 17.8 Å². The Morgan fingerprint density at radius 1 is 1.35 bits per heavy atom. The third-order valence-electron chi connectivity index (χ3n) is 2.14. The SMILES string of the molecule is CC(C)c1csc(Nc2nccnc2C#N)n1. The summed E-state index contributed by atoms with van der Waals surface area (Å²) in [6, 6.07) is 1.99. The van der Waals surface area contributed by atoms with Crippen molar-refractivity contribution in [1.82, 2.24) is 15.0 Å². The van der Waals surface area contributed by atoms with E-state index >= 15 is 0 Å².